The van der Waals surface area contributed by atoms with Crippen LogP contribution in [0.2, 0.25) is 0 Å². The zero-order valence-electron chi connectivity index (χ0n) is 11.7. The highest BCUT2D eigenvalue weighted by Gasteiger charge is 2.04. The highest BCUT2D eigenvalue weighted by atomic mass is 16.1. The lowest BCUT2D eigenvalue weighted by atomic mass is 10.1. The molecule has 2 heteroatoms. The fourth-order valence-corrected chi connectivity index (χ4v) is 2.29. The molecule has 0 amide bonds. The van der Waals surface area contributed by atoms with Gasteiger partial charge in [-0.3, -0.25) is 4.79 Å². The van der Waals surface area contributed by atoms with E-state index >= 15 is 0 Å². The van der Waals surface area contributed by atoms with Gasteiger partial charge in [0, 0.05) is 30.6 Å². The highest BCUT2D eigenvalue weighted by molar-refractivity contribution is 5.79. The number of hydrogen-bond donors (Lipinski definition) is 0. The molecule has 2 rings (SSSR count). The maximum absolute atomic E-state index is 12.0. The molecule has 0 unspecified atom stereocenters. The quantitative estimate of drug-likeness (QED) is 0.588. The molecule has 0 bridgehead atoms. The molecule has 0 aliphatic rings. The van der Waals surface area contributed by atoms with E-state index in [0.29, 0.717) is 0 Å². The van der Waals surface area contributed by atoms with Gasteiger partial charge < -0.3 is 4.57 Å². The number of pyridine rings is 1. The van der Waals surface area contributed by atoms with Gasteiger partial charge in [0.1, 0.15) is 0 Å². The lowest BCUT2D eigenvalue weighted by molar-refractivity contribution is 0.810. The third-order valence-electron chi connectivity index (χ3n) is 3.48. The fraction of sp³-hybridized carbons (Fsp3) is 0.353. The molecule has 0 aliphatic heterocycles. The molecule has 1 aromatic heterocycles. The summed E-state index contributed by atoms with van der Waals surface area (Å²) in [4.78, 5) is 12.0. The second-order valence-corrected chi connectivity index (χ2v) is 4.89. The molecular weight excluding hydrogens is 234 g/mol. The minimum absolute atomic E-state index is 0.116. The number of rotatable bonds is 5. The average molecular weight is 255 g/mol. The van der Waals surface area contributed by atoms with Gasteiger partial charge in [-0.2, -0.15) is 0 Å². The number of allylic oxidation sites excluding steroid dienone is 2. The molecule has 100 valence electrons. The molecule has 2 aromatic rings. The van der Waals surface area contributed by atoms with Gasteiger partial charge in [-0.05, 0) is 18.6 Å². The van der Waals surface area contributed by atoms with Crippen molar-refractivity contribution in [2.75, 3.05) is 0 Å². The Bertz CT molecular complexity index is 637. The maximum atomic E-state index is 12.0. The largest absolute Gasteiger partial charge is 0.347 e. The van der Waals surface area contributed by atoms with Crippen LogP contribution in [0.15, 0.2) is 47.3 Å². The molecule has 0 saturated heterocycles. The predicted molar refractivity (Wildman–Crippen MR) is 81.6 cm³/mol. The highest BCUT2D eigenvalue weighted by Crippen LogP contribution is 2.12. The van der Waals surface area contributed by atoms with Crippen molar-refractivity contribution in [3.8, 4) is 0 Å². The van der Waals surface area contributed by atoms with Crippen LogP contribution in [-0.4, -0.2) is 4.57 Å². The summed E-state index contributed by atoms with van der Waals surface area (Å²) in [6.45, 7) is 2.20. The third-order valence-corrected chi connectivity index (χ3v) is 3.48. The van der Waals surface area contributed by atoms with Crippen LogP contribution in [-0.2, 0) is 13.5 Å². The summed E-state index contributed by atoms with van der Waals surface area (Å²) in [5, 5.41) is 0.795. The number of aromatic nitrogens is 1. The summed E-state index contributed by atoms with van der Waals surface area (Å²) in [7, 11) is 2.02. The van der Waals surface area contributed by atoms with Crippen LogP contribution in [0.4, 0.5) is 0 Å². The minimum atomic E-state index is 0.116. The van der Waals surface area contributed by atoms with E-state index in [1.165, 1.54) is 12.8 Å². The number of benzene rings is 1. The summed E-state index contributed by atoms with van der Waals surface area (Å²) >= 11 is 0. The van der Waals surface area contributed by atoms with Gasteiger partial charge in [-0.15, -0.1) is 0 Å². The van der Waals surface area contributed by atoms with Gasteiger partial charge in [0.2, 0.25) is 0 Å². The molecule has 0 radical (unpaired) electrons. The lowest BCUT2D eigenvalue weighted by Gasteiger charge is -2.10. The fourth-order valence-electron chi connectivity index (χ4n) is 2.29. The van der Waals surface area contributed by atoms with Gasteiger partial charge in [0.25, 0.3) is 0 Å². The molecule has 0 saturated carbocycles. The number of fused-ring (bicyclic) bond motifs is 1. The Balaban J connectivity index is 2.27. The smallest absolute Gasteiger partial charge is 0.189 e. The first-order chi connectivity index (χ1) is 9.24. The van der Waals surface area contributed by atoms with Gasteiger partial charge in [0.15, 0.2) is 5.43 Å². The third kappa shape index (κ3) is 3.14. The van der Waals surface area contributed by atoms with Crippen LogP contribution in [0.1, 0.15) is 31.9 Å². The normalized spacial score (nSPS) is 11.5. The SMILES string of the molecule is CCCC/C=C/Cc1cc(=O)c2ccccc2n1C. The standard InChI is InChI=1S/C17H21NO/c1-3-4-5-6-7-10-14-13-17(19)15-11-8-9-12-16(15)18(14)2/h6-9,11-13H,3-5,10H2,1-2H3/b7-6+. The molecule has 0 fully saturated rings. The zero-order chi connectivity index (χ0) is 13.7. The van der Waals surface area contributed by atoms with Crippen molar-refractivity contribution in [1.82, 2.24) is 4.57 Å². The molecule has 2 nitrogen and oxygen atoms in total. The molecule has 1 heterocycles. The Morgan fingerprint density at radius 2 is 2.00 bits per heavy atom. The Labute approximate surface area is 114 Å². The summed E-state index contributed by atoms with van der Waals surface area (Å²) < 4.78 is 2.11. The van der Waals surface area contributed by atoms with Crippen LogP contribution < -0.4 is 5.43 Å². The van der Waals surface area contributed by atoms with Crippen LogP contribution in [0.25, 0.3) is 10.9 Å². The van der Waals surface area contributed by atoms with Crippen molar-refractivity contribution >= 4 is 10.9 Å². The van der Waals surface area contributed by atoms with Crippen LogP contribution in [0.5, 0.6) is 0 Å². The van der Waals surface area contributed by atoms with E-state index in [1.54, 1.807) is 6.07 Å². The van der Waals surface area contributed by atoms with Crippen molar-refractivity contribution in [1.29, 1.82) is 0 Å². The minimum Gasteiger partial charge on any atom is -0.347 e. The summed E-state index contributed by atoms with van der Waals surface area (Å²) in [6.07, 6.45) is 8.77. The second kappa shape index (κ2) is 6.37. The van der Waals surface area contributed by atoms with E-state index in [1.807, 2.05) is 31.3 Å². The van der Waals surface area contributed by atoms with Gasteiger partial charge in [-0.1, -0.05) is 44.1 Å². The Kier molecular flexibility index (Phi) is 4.56. The van der Waals surface area contributed by atoms with Crippen molar-refractivity contribution in [2.24, 2.45) is 7.05 Å². The zero-order valence-corrected chi connectivity index (χ0v) is 11.7. The van der Waals surface area contributed by atoms with E-state index in [0.717, 1.165) is 29.4 Å². The predicted octanol–water partition coefficient (Wildman–Crippen LogP) is 3.83. The Morgan fingerprint density at radius 3 is 2.79 bits per heavy atom. The number of hydrogen-bond acceptors (Lipinski definition) is 1. The van der Waals surface area contributed by atoms with Crippen molar-refractivity contribution in [3.05, 3.63) is 58.4 Å². The maximum Gasteiger partial charge on any atom is 0.189 e. The van der Waals surface area contributed by atoms with Gasteiger partial charge in [-0.25, -0.2) is 0 Å². The molecular formula is C17H21NO. The van der Waals surface area contributed by atoms with Crippen molar-refractivity contribution < 1.29 is 0 Å². The number of para-hydroxylation sites is 1. The molecule has 1 aromatic carbocycles. The van der Waals surface area contributed by atoms with Gasteiger partial charge >= 0.3 is 0 Å². The first-order valence-electron chi connectivity index (χ1n) is 6.96. The second-order valence-electron chi connectivity index (χ2n) is 4.89. The molecule has 0 spiro atoms. The molecule has 19 heavy (non-hydrogen) atoms. The van der Waals surface area contributed by atoms with Crippen LogP contribution >= 0.6 is 0 Å². The van der Waals surface area contributed by atoms with E-state index < -0.39 is 0 Å². The topological polar surface area (TPSA) is 22.0 Å². The van der Waals surface area contributed by atoms with E-state index in [9.17, 15) is 4.79 Å². The Hall–Kier alpha value is -1.83. The summed E-state index contributed by atoms with van der Waals surface area (Å²) in [6, 6.07) is 9.53. The van der Waals surface area contributed by atoms with E-state index in [4.69, 9.17) is 0 Å². The average Bonchev–Trinajstić information content (AvgIpc) is 2.44. The first-order valence-corrected chi connectivity index (χ1v) is 6.96. The molecule has 0 aliphatic carbocycles. The number of aryl methyl sites for hydroxylation is 1. The molecule has 0 atom stereocenters. The van der Waals surface area contributed by atoms with Gasteiger partial charge in [0.05, 0.1) is 5.52 Å². The van der Waals surface area contributed by atoms with E-state index in [-0.39, 0.29) is 5.43 Å². The van der Waals surface area contributed by atoms with Crippen molar-refractivity contribution in [2.45, 2.75) is 32.6 Å². The number of nitrogens with zero attached hydrogens (tertiary/aromatic N) is 1. The summed E-state index contributed by atoms with van der Waals surface area (Å²) in [5.41, 5.74) is 2.19. The van der Waals surface area contributed by atoms with Crippen molar-refractivity contribution in [3.63, 3.8) is 0 Å². The van der Waals surface area contributed by atoms with Crippen LogP contribution in [0.3, 0.4) is 0 Å². The van der Waals surface area contributed by atoms with Crippen LogP contribution in [0, 0.1) is 0 Å². The Morgan fingerprint density at radius 1 is 1.21 bits per heavy atom. The number of unbranched alkanes of at least 4 members (excludes halogenated alkanes) is 2. The first kappa shape index (κ1) is 13.6. The lowest BCUT2D eigenvalue weighted by Crippen LogP contribution is -2.11. The molecule has 0 N–H and O–H groups in total. The summed E-state index contributed by atoms with van der Waals surface area (Å²) in [5.74, 6) is 0. The van der Waals surface area contributed by atoms with E-state index in [2.05, 4.69) is 23.6 Å². The monoisotopic (exact) mass is 255 g/mol.